The van der Waals surface area contributed by atoms with Crippen LogP contribution in [0.3, 0.4) is 0 Å². The molecular formula is C18H21Cl3N2O. The Morgan fingerprint density at radius 1 is 1.08 bits per heavy atom. The summed E-state index contributed by atoms with van der Waals surface area (Å²) in [5.74, 6) is -0.0396. The van der Waals surface area contributed by atoms with Crippen LogP contribution < -0.4 is 11.1 Å². The molecule has 0 saturated heterocycles. The number of carbonyl (C=O) groups is 1. The summed E-state index contributed by atoms with van der Waals surface area (Å²) < 4.78 is 0. The highest BCUT2D eigenvalue weighted by atomic mass is 35.5. The fraction of sp³-hybridized carbons (Fsp3) is 0.278. The molecule has 2 rings (SSSR count). The lowest BCUT2D eigenvalue weighted by atomic mass is 9.98. The van der Waals surface area contributed by atoms with Crippen molar-refractivity contribution in [3.63, 3.8) is 0 Å². The van der Waals surface area contributed by atoms with Crippen LogP contribution in [-0.2, 0) is 4.79 Å². The maximum absolute atomic E-state index is 12.2. The van der Waals surface area contributed by atoms with Gasteiger partial charge in [-0.2, -0.15) is 0 Å². The molecule has 0 bridgehead atoms. The smallest absolute Gasteiger partial charge is 0.220 e. The van der Waals surface area contributed by atoms with Gasteiger partial charge in [0.2, 0.25) is 5.91 Å². The predicted molar refractivity (Wildman–Crippen MR) is 103 cm³/mol. The van der Waals surface area contributed by atoms with E-state index in [0.717, 1.165) is 11.1 Å². The Kier molecular flexibility index (Phi) is 8.57. The summed E-state index contributed by atoms with van der Waals surface area (Å²) in [6.45, 7) is 1.89. The van der Waals surface area contributed by atoms with Crippen molar-refractivity contribution in [2.75, 3.05) is 0 Å². The number of carbonyl (C=O) groups excluding carboxylic acids is 1. The monoisotopic (exact) mass is 386 g/mol. The SMILES string of the molecule is CC(N)CCC(=O)NC(c1ccccc1)c1ccc(Cl)c(Cl)c1.Cl. The van der Waals surface area contributed by atoms with Crippen molar-refractivity contribution in [1.82, 2.24) is 5.32 Å². The third-order valence-corrected chi connectivity index (χ3v) is 4.28. The van der Waals surface area contributed by atoms with Crippen molar-refractivity contribution in [2.24, 2.45) is 5.73 Å². The van der Waals surface area contributed by atoms with Crippen LogP contribution in [0.25, 0.3) is 0 Å². The second-order valence-corrected chi connectivity index (χ2v) is 6.42. The minimum Gasteiger partial charge on any atom is -0.345 e. The molecule has 0 aliphatic heterocycles. The number of hydrogen-bond donors (Lipinski definition) is 2. The van der Waals surface area contributed by atoms with Crippen LogP contribution in [0.5, 0.6) is 0 Å². The largest absolute Gasteiger partial charge is 0.345 e. The molecule has 0 fully saturated rings. The second kappa shape index (κ2) is 9.90. The molecular weight excluding hydrogens is 367 g/mol. The normalized spacial score (nSPS) is 12.8. The molecule has 6 heteroatoms. The molecule has 24 heavy (non-hydrogen) atoms. The van der Waals surface area contributed by atoms with Crippen molar-refractivity contribution in [2.45, 2.75) is 31.8 Å². The highest BCUT2D eigenvalue weighted by molar-refractivity contribution is 6.42. The highest BCUT2D eigenvalue weighted by Gasteiger charge is 2.17. The van der Waals surface area contributed by atoms with Crippen LogP contribution in [0.1, 0.15) is 36.9 Å². The molecule has 2 aromatic rings. The van der Waals surface area contributed by atoms with Gasteiger partial charge in [0, 0.05) is 12.5 Å². The molecule has 0 heterocycles. The van der Waals surface area contributed by atoms with E-state index in [2.05, 4.69) is 5.32 Å². The van der Waals surface area contributed by atoms with Crippen LogP contribution in [0.4, 0.5) is 0 Å². The summed E-state index contributed by atoms with van der Waals surface area (Å²) >= 11 is 12.1. The molecule has 2 aromatic carbocycles. The molecule has 2 unspecified atom stereocenters. The van der Waals surface area contributed by atoms with Gasteiger partial charge in [0.15, 0.2) is 0 Å². The number of nitrogens with one attached hydrogen (secondary N) is 1. The van der Waals surface area contributed by atoms with E-state index < -0.39 is 0 Å². The summed E-state index contributed by atoms with van der Waals surface area (Å²) in [7, 11) is 0. The molecule has 3 N–H and O–H groups in total. The van der Waals surface area contributed by atoms with E-state index in [1.54, 1.807) is 12.1 Å². The molecule has 0 aliphatic rings. The first-order valence-electron chi connectivity index (χ1n) is 7.52. The molecule has 2 atom stereocenters. The lowest BCUT2D eigenvalue weighted by Crippen LogP contribution is -2.30. The molecule has 0 radical (unpaired) electrons. The first-order valence-corrected chi connectivity index (χ1v) is 8.28. The molecule has 3 nitrogen and oxygen atoms in total. The zero-order chi connectivity index (χ0) is 16.8. The Labute approximate surface area is 158 Å². The third-order valence-electron chi connectivity index (χ3n) is 3.54. The van der Waals surface area contributed by atoms with E-state index in [1.807, 2.05) is 43.3 Å². The van der Waals surface area contributed by atoms with Crippen LogP contribution in [-0.4, -0.2) is 11.9 Å². The van der Waals surface area contributed by atoms with Gasteiger partial charge in [-0.1, -0.05) is 59.6 Å². The molecule has 0 spiro atoms. The number of amides is 1. The number of rotatable bonds is 6. The first kappa shape index (κ1) is 20.8. The Morgan fingerprint density at radius 3 is 2.33 bits per heavy atom. The van der Waals surface area contributed by atoms with Crippen molar-refractivity contribution < 1.29 is 4.79 Å². The first-order chi connectivity index (χ1) is 11.0. The van der Waals surface area contributed by atoms with Crippen molar-refractivity contribution >= 4 is 41.5 Å². The fourth-order valence-corrected chi connectivity index (χ4v) is 2.59. The van der Waals surface area contributed by atoms with Crippen LogP contribution >= 0.6 is 35.6 Å². The van der Waals surface area contributed by atoms with Crippen LogP contribution in [0.2, 0.25) is 10.0 Å². The van der Waals surface area contributed by atoms with Gasteiger partial charge in [-0.3, -0.25) is 4.79 Å². The Morgan fingerprint density at radius 2 is 1.75 bits per heavy atom. The minimum absolute atomic E-state index is 0. The Hall–Kier alpha value is -1.26. The van der Waals surface area contributed by atoms with Gasteiger partial charge < -0.3 is 11.1 Å². The molecule has 1 amide bonds. The maximum atomic E-state index is 12.2. The molecule has 0 aliphatic carbocycles. The lowest BCUT2D eigenvalue weighted by Gasteiger charge is -2.20. The van der Waals surface area contributed by atoms with Crippen molar-refractivity contribution in [3.8, 4) is 0 Å². The Bertz CT molecular complexity index is 663. The van der Waals surface area contributed by atoms with Gasteiger partial charge in [-0.05, 0) is 36.6 Å². The average Bonchev–Trinajstić information content (AvgIpc) is 2.54. The van der Waals surface area contributed by atoms with Crippen molar-refractivity contribution in [3.05, 3.63) is 69.7 Å². The van der Waals surface area contributed by atoms with E-state index in [9.17, 15) is 4.79 Å². The van der Waals surface area contributed by atoms with E-state index in [0.29, 0.717) is 22.9 Å². The number of nitrogens with two attached hydrogens (primary N) is 1. The molecule has 0 saturated carbocycles. The standard InChI is InChI=1S/C18H20Cl2N2O.ClH/c1-12(21)7-10-17(23)22-18(13-5-3-2-4-6-13)14-8-9-15(19)16(20)11-14;/h2-6,8-9,11-12,18H,7,10,21H2,1H3,(H,22,23);1H. The van der Waals surface area contributed by atoms with Gasteiger partial charge in [0.1, 0.15) is 0 Å². The number of halogens is 3. The number of benzene rings is 2. The van der Waals surface area contributed by atoms with E-state index >= 15 is 0 Å². The molecule has 0 aromatic heterocycles. The quantitative estimate of drug-likeness (QED) is 0.751. The van der Waals surface area contributed by atoms with Gasteiger partial charge >= 0.3 is 0 Å². The van der Waals surface area contributed by atoms with E-state index in [4.69, 9.17) is 28.9 Å². The summed E-state index contributed by atoms with van der Waals surface area (Å²) in [6, 6.07) is 14.9. The van der Waals surface area contributed by atoms with Crippen LogP contribution in [0.15, 0.2) is 48.5 Å². The Balaban J connectivity index is 0.00000288. The van der Waals surface area contributed by atoms with E-state index in [-0.39, 0.29) is 30.4 Å². The summed E-state index contributed by atoms with van der Waals surface area (Å²) in [6.07, 6.45) is 1.04. The van der Waals surface area contributed by atoms with Gasteiger partial charge in [0.05, 0.1) is 16.1 Å². The fourth-order valence-electron chi connectivity index (χ4n) is 2.29. The second-order valence-electron chi connectivity index (χ2n) is 5.60. The summed E-state index contributed by atoms with van der Waals surface area (Å²) in [5, 5.41) is 4.01. The predicted octanol–water partition coefficient (Wildman–Crippen LogP) is 4.75. The average molecular weight is 388 g/mol. The third kappa shape index (κ3) is 5.99. The van der Waals surface area contributed by atoms with Crippen LogP contribution in [0, 0.1) is 0 Å². The zero-order valence-electron chi connectivity index (χ0n) is 13.3. The minimum atomic E-state index is -0.272. The molecule has 130 valence electrons. The van der Waals surface area contributed by atoms with Gasteiger partial charge in [0.25, 0.3) is 0 Å². The topological polar surface area (TPSA) is 55.1 Å². The zero-order valence-corrected chi connectivity index (χ0v) is 15.7. The van der Waals surface area contributed by atoms with Crippen molar-refractivity contribution in [1.29, 1.82) is 0 Å². The van der Waals surface area contributed by atoms with Gasteiger partial charge in [-0.25, -0.2) is 0 Å². The number of hydrogen-bond acceptors (Lipinski definition) is 2. The van der Waals surface area contributed by atoms with Gasteiger partial charge in [-0.15, -0.1) is 12.4 Å². The maximum Gasteiger partial charge on any atom is 0.220 e. The lowest BCUT2D eigenvalue weighted by molar-refractivity contribution is -0.121. The summed E-state index contributed by atoms with van der Waals surface area (Å²) in [5.41, 5.74) is 7.59. The van der Waals surface area contributed by atoms with E-state index in [1.165, 1.54) is 0 Å². The summed E-state index contributed by atoms with van der Waals surface area (Å²) in [4.78, 5) is 12.2. The highest BCUT2D eigenvalue weighted by Crippen LogP contribution is 2.29.